The predicted molar refractivity (Wildman–Crippen MR) is 62.6 cm³/mol. The van der Waals surface area contributed by atoms with Crippen molar-refractivity contribution in [2.75, 3.05) is 13.2 Å². The highest BCUT2D eigenvalue weighted by molar-refractivity contribution is 4.61. The van der Waals surface area contributed by atoms with Crippen LogP contribution < -0.4 is 5.32 Å². The second-order valence-electron chi connectivity index (χ2n) is 4.58. The Kier molecular flexibility index (Phi) is 8.20. The monoisotopic (exact) mass is 201 g/mol. The van der Waals surface area contributed by atoms with Gasteiger partial charge >= 0.3 is 0 Å². The summed E-state index contributed by atoms with van der Waals surface area (Å²) in [4.78, 5) is 0. The van der Waals surface area contributed by atoms with Crippen LogP contribution in [-0.2, 0) is 4.74 Å². The van der Waals surface area contributed by atoms with Crippen LogP contribution in [0.3, 0.4) is 0 Å². The molecule has 0 saturated carbocycles. The van der Waals surface area contributed by atoms with Crippen molar-refractivity contribution in [1.29, 1.82) is 0 Å². The fraction of sp³-hybridized carbons (Fsp3) is 1.00. The van der Waals surface area contributed by atoms with Crippen LogP contribution in [0.15, 0.2) is 0 Å². The Balaban J connectivity index is 3.32. The summed E-state index contributed by atoms with van der Waals surface area (Å²) < 4.78 is 5.69. The van der Waals surface area contributed by atoms with Gasteiger partial charge < -0.3 is 10.1 Å². The minimum atomic E-state index is 0.336. The van der Waals surface area contributed by atoms with Crippen molar-refractivity contribution >= 4 is 0 Å². The summed E-state index contributed by atoms with van der Waals surface area (Å²) in [6.07, 6.45) is 2.68. The zero-order valence-electron chi connectivity index (χ0n) is 10.5. The third-order valence-electron chi connectivity index (χ3n) is 2.46. The van der Waals surface area contributed by atoms with E-state index in [0.717, 1.165) is 25.5 Å². The number of hydrogen-bond acceptors (Lipinski definition) is 2. The van der Waals surface area contributed by atoms with Gasteiger partial charge in [0.1, 0.15) is 0 Å². The standard InChI is InChI=1S/C12H27NO/c1-6-11(4)13-9-12(5)14-8-7-10(2)3/h10-13H,6-9H2,1-5H3. The zero-order valence-corrected chi connectivity index (χ0v) is 10.5. The Morgan fingerprint density at radius 2 is 1.79 bits per heavy atom. The van der Waals surface area contributed by atoms with Gasteiger partial charge in [-0.3, -0.25) is 0 Å². The molecule has 0 rings (SSSR count). The Labute approximate surface area is 89.4 Å². The van der Waals surface area contributed by atoms with E-state index in [4.69, 9.17) is 4.74 Å². The van der Waals surface area contributed by atoms with Crippen LogP contribution in [-0.4, -0.2) is 25.3 Å². The molecule has 0 heterocycles. The molecule has 0 fully saturated rings. The van der Waals surface area contributed by atoms with Crippen molar-refractivity contribution in [3.05, 3.63) is 0 Å². The molecular formula is C12H27NO. The van der Waals surface area contributed by atoms with E-state index in [1.165, 1.54) is 6.42 Å². The smallest absolute Gasteiger partial charge is 0.0671 e. The van der Waals surface area contributed by atoms with Crippen molar-refractivity contribution in [3.8, 4) is 0 Å². The van der Waals surface area contributed by atoms with Gasteiger partial charge in [0.2, 0.25) is 0 Å². The maximum absolute atomic E-state index is 5.69. The van der Waals surface area contributed by atoms with Crippen molar-refractivity contribution in [2.24, 2.45) is 5.92 Å². The summed E-state index contributed by atoms with van der Waals surface area (Å²) in [5, 5.41) is 3.45. The molecule has 0 aliphatic carbocycles. The lowest BCUT2D eigenvalue weighted by Crippen LogP contribution is -2.33. The SMILES string of the molecule is CCC(C)NCC(C)OCCC(C)C. The lowest BCUT2D eigenvalue weighted by molar-refractivity contribution is 0.0571. The first-order valence-electron chi connectivity index (χ1n) is 5.91. The molecule has 0 aromatic carbocycles. The number of rotatable bonds is 8. The fourth-order valence-corrected chi connectivity index (χ4v) is 1.08. The Bertz CT molecular complexity index is 125. The Hall–Kier alpha value is -0.0800. The summed E-state index contributed by atoms with van der Waals surface area (Å²) in [6.45, 7) is 12.9. The summed E-state index contributed by atoms with van der Waals surface area (Å²) in [5.74, 6) is 0.740. The maximum Gasteiger partial charge on any atom is 0.0671 e. The van der Waals surface area contributed by atoms with Crippen LogP contribution >= 0.6 is 0 Å². The van der Waals surface area contributed by atoms with Crippen molar-refractivity contribution in [2.45, 2.75) is 59.6 Å². The van der Waals surface area contributed by atoms with E-state index in [1.54, 1.807) is 0 Å². The first kappa shape index (κ1) is 13.9. The average Bonchev–Trinajstić information content (AvgIpc) is 2.13. The molecular weight excluding hydrogens is 174 g/mol. The van der Waals surface area contributed by atoms with Gasteiger partial charge in [0.25, 0.3) is 0 Å². The molecule has 0 spiro atoms. The third kappa shape index (κ3) is 8.52. The minimum Gasteiger partial charge on any atom is -0.377 e. The molecule has 0 bridgehead atoms. The van der Waals surface area contributed by atoms with E-state index in [1.807, 2.05) is 0 Å². The predicted octanol–water partition coefficient (Wildman–Crippen LogP) is 2.83. The molecule has 2 atom stereocenters. The van der Waals surface area contributed by atoms with Gasteiger partial charge in [-0.25, -0.2) is 0 Å². The van der Waals surface area contributed by atoms with E-state index in [2.05, 4.69) is 39.9 Å². The normalized spacial score (nSPS) is 15.9. The molecule has 0 radical (unpaired) electrons. The average molecular weight is 201 g/mol. The quantitative estimate of drug-likeness (QED) is 0.652. The highest BCUT2D eigenvalue weighted by atomic mass is 16.5. The topological polar surface area (TPSA) is 21.3 Å². The molecule has 0 aromatic rings. The molecule has 2 nitrogen and oxygen atoms in total. The van der Waals surface area contributed by atoms with Crippen LogP contribution in [0.4, 0.5) is 0 Å². The fourth-order valence-electron chi connectivity index (χ4n) is 1.08. The van der Waals surface area contributed by atoms with Crippen molar-refractivity contribution in [1.82, 2.24) is 5.32 Å². The van der Waals surface area contributed by atoms with Gasteiger partial charge in [-0.05, 0) is 32.6 Å². The first-order valence-corrected chi connectivity index (χ1v) is 5.91. The summed E-state index contributed by atoms with van der Waals surface area (Å²) in [7, 11) is 0. The number of ether oxygens (including phenoxy) is 1. The lowest BCUT2D eigenvalue weighted by Gasteiger charge is -2.17. The van der Waals surface area contributed by atoms with Gasteiger partial charge in [0, 0.05) is 19.2 Å². The molecule has 0 amide bonds. The molecule has 1 N–H and O–H groups in total. The molecule has 0 aromatic heterocycles. The number of hydrogen-bond donors (Lipinski definition) is 1. The van der Waals surface area contributed by atoms with Crippen LogP contribution in [0.1, 0.15) is 47.5 Å². The second kappa shape index (κ2) is 8.25. The molecule has 0 aliphatic heterocycles. The van der Waals surface area contributed by atoms with Crippen LogP contribution in [0.2, 0.25) is 0 Å². The van der Waals surface area contributed by atoms with Crippen molar-refractivity contribution in [3.63, 3.8) is 0 Å². The van der Waals surface area contributed by atoms with Gasteiger partial charge in [0.05, 0.1) is 6.10 Å². The zero-order chi connectivity index (χ0) is 11.0. The lowest BCUT2D eigenvalue weighted by atomic mass is 10.1. The molecule has 0 saturated heterocycles. The largest absolute Gasteiger partial charge is 0.377 e. The summed E-state index contributed by atoms with van der Waals surface area (Å²) in [5.41, 5.74) is 0. The Morgan fingerprint density at radius 3 is 2.29 bits per heavy atom. The van der Waals surface area contributed by atoms with Crippen molar-refractivity contribution < 1.29 is 4.74 Å². The third-order valence-corrected chi connectivity index (χ3v) is 2.46. The van der Waals surface area contributed by atoms with Crippen LogP contribution in [0.5, 0.6) is 0 Å². The maximum atomic E-state index is 5.69. The van der Waals surface area contributed by atoms with Gasteiger partial charge in [-0.1, -0.05) is 20.8 Å². The summed E-state index contributed by atoms with van der Waals surface area (Å²) in [6, 6.07) is 0.603. The number of nitrogens with one attached hydrogen (secondary N) is 1. The molecule has 2 unspecified atom stereocenters. The van der Waals surface area contributed by atoms with Crippen LogP contribution in [0.25, 0.3) is 0 Å². The van der Waals surface area contributed by atoms with Gasteiger partial charge in [-0.2, -0.15) is 0 Å². The summed E-state index contributed by atoms with van der Waals surface area (Å²) >= 11 is 0. The second-order valence-corrected chi connectivity index (χ2v) is 4.58. The molecule has 86 valence electrons. The highest BCUT2D eigenvalue weighted by Gasteiger charge is 2.04. The Morgan fingerprint density at radius 1 is 1.14 bits per heavy atom. The highest BCUT2D eigenvalue weighted by Crippen LogP contribution is 2.01. The molecule has 2 heteroatoms. The van der Waals surface area contributed by atoms with E-state index in [0.29, 0.717) is 12.1 Å². The van der Waals surface area contributed by atoms with Crippen LogP contribution in [0, 0.1) is 5.92 Å². The van der Waals surface area contributed by atoms with Gasteiger partial charge in [0.15, 0.2) is 0 Å². The van der Waals surface area contributed by atoms with E-state index in [9.17, 15) is 0 Å². The van der Waals surface area contributed by atoms with E-state index < -0.39 is 0 Å². The first-order chi connectivity index (χ1) is 6.56. The molecule has 14 heavy (non-hydrogen) atoms. The van der Waals surface area contributed by atoms with E-state index >= 15 is 0 Å². The molecule has 0 aliphatic rings. The minimum absolute atomic E-state index is 0.336. The van der Waals surface area contributed by atoms with Gasteiger partial charge in [-0.15, -0.1) is 0 Å². The van der Waals surface area contributed by atoms with E-state index in [-0.39, 0.29) is 0 Å².